The lowest BCUT2D eigenvalue weighted by molar-refractivity contribution is -0.121. The third-order valence-electron chi connectivity index (χ3n) is 2.16. The fourth-order valence-corrected chi connectivity index (χ4v) is 2.48. The summed E-state index contributed by atoms with van der Waals surface area (Å²) in [5, 5.41) is 0. The first-order valence-electron chi connectivity index (χ1n) is 4.20. The normalized spacial score (nSPS) is 18.2. The Morgan fingerprint density at radius 1 is 1.50 bits per heavy atom. The lowest BCUT2D eigenvalue weighted by Crippen LogP contribution is -2.32. The van der Waals surface area contributed by atoms with E-state index in [1.165, 1.54) is 0 Å². The van der Waals surface area contributed by atoms with Crippen LogP contribution in [0.1, 0.15) is 13.3 Å². The Morgan fingerprint density at radius 2 is 2.07 bits per heavy atom. The zero-order valence-electron chi connectivity index (χ0n) is 8.08. The van der Waals surface area contributed by atoms with Gasteiger partial charge in [-0.3, -0.25) is 4.79 Å². The van der Waals surface area contributed by atoms with Gasteiger partial charge in [-0.05, 0) is 12.0 Å². The van der Waals surface area contributed by atoms with Crippen molar-refractivity contribution in [1.82, 2.24) is 4.31 Å². The molecular formula is C8H12ClNO3S. The van der Waals surface area contributed by atoms with Gasteiger partial charge < -0.3 is 0 Å². The van der Waals surface area contributed by atoms with E-state index in [1.807, 2.05) is 6.92 Å². The Morgan fingerprint density at radius 3 is 2.36 bits per heavy atom. The van der Waals surface area contributed by atoms with Gasteiger partial charge in [-0.1, -0.05) is 6.92 Å². The Hall–Kier alpha value is -0.550. The van der Waals surface area contributed by atoms with Gasteiger partial charge in [0.15, 0.2) is 0 Å². The number of hydrogen-bond acceptors (Lipinski definition) is 3. The van der Waals surface area contributed by atoms with Crippen LogP contribution in [0, 0.1) is 0 Å². The maximum absolute atomic E-state index is 11.6. The van der Waals surface area contributed by atoms with Crippen LogP contribution in [0.25, 0.3) is 0 Å². The molecule has 0 aromatic heterocycles. The summed E-state index contributed by atoms with van der Waals surface area (Å²) in [7, 11) is -3.45. The number of halogens is 1. The van der Waals surface area contributed by atoms with Gasteiger partial charge in [-0.15, -0.1) is 11.6 Å². The molecular weight excluding hydrogens is 226 g/mol. The summed E-state index contributed by atoms with van der Waals surface area (Å²) in [6.45, 7) is 1.93. The van der Waals surface area contributed by atoms with E-state index < -0.39 is 15.9 Å². The molecule has 14 heavy (non-hydrogen) atoms. The summed E-state index contributed by atoms with van der Waals surface area (Å²) in [4.78, 5) is 11.6. The average molecular weight is 238 g/mol. The molecule has 0 N–H and O–H groups in total. The van der Waals surface area contributed by atoms with Gasteiger partial charge in [0.05, 0.1) is 12.8 Å². The van der Waals surface area contributed by atoms with Crippen LogP contribution in [0.15, 0.2) is 11.1 Å². The predicted octanol–water partition coefficient (Wildman–Crippen LogP) is 0.734. The zero-order chi connectivity index (χ0) is 10.9. The van der Waals surface area contributed by atoms with Crippen molar-refractivity contribution in [1.29, 1.82) is 0 Å². The van der Waals surface area contributed by atoms with Gasteiger partial charge in [0, 0.05) is 11.5 Å². The number of amides is 1. The van der Waals surface area contributed by atoms with Crippen LogP contribution in [0.4, 0.5) is 0 Å². The van der Waals surface area contributed by atoms with E-state index in [0.29, 0.717) is 17.6 Å². The average Bonchev–Trinajstić information content (AvgIpc) is 2.40. The lowest BCUT2D eigenvalue weighted by atomic mass is 10.1. The standard InChI is InChI=1S/C8H12ClNO3S/c1-3-7-6(4-9)5-10(8(7)11)14(2,12)13/h3-5H2,1-2H3. The van der Waals surface area contributed by atoms with Crippen molar-refractivity contribution in [2.75, 3.05) is 18.7 Å². The van der Waals surface area contributed by atoms with Crippen molar-refractivity contribution < 1.29 is 13.2 Å². The minimum atomic E-state index is -3.45. The van der Waals surface area contributed by atoms with Crippen LogP contribution in [0.5, 0.6) is 0 Å². The Bertz CT molecular complexity index is 385. The molecule has 0 saturated carbocycles. The molecule has 1 aliphatic rings. The summed E-state index contributed by atoms with van der Waals surface area (Å²) < 4.78 is 23.3. The number of hydrogen-bond donors (Lipinski definition) is 0. The Labute approximate surface area is 88.6 Å². The van der Waals surface area contributed by atoms with E-state index >= 15 is 0 Å². The summed E-state index contributed by atoms with van der Waals surface area (Å²) in [6.07, 6.45) is 1.54. The van der Waals surface area contributed by atoms with E-state index in [4.69, 9.17) is 11.6 Å². The molecule has 80 valence electrons. The van der Waals surface area contributed by atoms with Crippen LogP contribution in [0.2, 0.25) is 0 Å². The third kappa shape index (κ3) is 1.93. The van der Waals surface area contributed by atoms with Crippen molar-refractivity contribution >= 4 is 27.5 Å². The molecule has 0 fully saturated rings. The van der Waals surface area contributed by atoms with Crippen molar-refractivity contribution in [2.24, 2.45) is 0 Å². The molecule has 0 radical (unpaired) electrons. The first-order valence-corrected chi connectivity index (χ1v) is 6.59. The fourth-order valence-electron chi connectivity index (χ4n) is 1.43. The molecule has 0 aromatic carbocycles. The summed E-state index contributed by atoms with van der Waals surface area (Å²) in [5.74, 6) is -0.216. The highest BCUT2D eigenvalue weighted by Gasteiger charge is 2.33. The third-order valence-corrected chi connectivity index (χ3v) is 3.58. The van der Waals surface area contributed by atoms with E-state index in [9.17, 15) is 13.2 Å². The summed E-state index contributed by atoms with van der Waals surface area (Å²) in [6, 6.07) is 0. The summed E-state index contributed by atoms with van der Waals surface area (Å²) in [5.41, 5.74) is 1.25. The van der Waals surface area contributed by atoms with E-state index in [2.05, 4.69) is 0 Å². The molecule has 4 nitrogen and oxygen atoms in total. The van der Waals surface area contributed by atoms with E-state index in [0.717, 1.165) is 10.6 Å². The SMILES string of the molecule is CCC1=C(CCl)CN(S(C)(=O)=O)C1=O. The van der Waals surface area contributed by atoms with E-state index in [1.54, 1.807) is 0 Å². The Balaban J connectivity index is 3.04. The number of sulfonamides is 1. The van der Waals surface area contributed by atoms with Crippen molar-refractivity contribution in [3.63, 3.8) is 0 Å². The lowest BCUT2D eigenvalue weighted by Gasteiger charge is -2.13. The van der Waals surface area contributed by atoms with Crippen LogP contribution >= 0.6 is 11.6 Å². The minimum absolute atomic E-state index is 0.115. The Kier molecular flexibility index (Phi) is 3.21. The highest BCUT2D eigenvalue weighted by atomic mass is 35.5. The number of nitrogens with zero attached hydrogens (tertiary/aromatic N) is 1. The van der Waals surface area contributed by atoms with Gasteiger partial charge >= 0.3 is 0 Å². The molecule has 1 aliphatic heterocycles. The highest BCUT2D eigenvalue weighted by molar-refractivity contribution is 7.88. The molecule has 6 heteroatoms. The van der Waals surface area contributed by atoms with Crippen LogP contribution in [-0.2, 0) is 14.8 Å². The fraction of sp³-hybridized carbons (Fsp3) is 0.625. The predicted molar refractivity (Wildman–Crippen MR) is 54.6 cm³/mol. The number of carbonyl (C=O) groups is 1. The van der Waals surface area contributed by atoms with Crippen LogP contribution in [-0.4, -0.2) is 37.3 Å². The summed E-state index contributed by atoms with van der Waals surface area (Å²) >= 11 is 5.63. The molecule has 0 spiro atoms. The topological polar surface area (TPSA) is 54.5 Å². The molecule has 0 aliphatic carbocycles. The molecule has 0 aromatic rings. The number of carbonyl (C=O) groups excluding carboxylic acids is 1. The van der Waals surface area contributed by atoms with E-state index in [-0.39, 0.29) is 12.4 Å². The quantitative estimate of drug-likeness (QED) is 0.681. The van der Waals surface area contributed by atoms with Crippen molar-refractivity contribution in [3.05, 3.63) is 11.1 Å². The minimum Gasteiger partial charge on any atom is -0.268 e. The molecule has 1 heterocycles. The molecule has 0 atom stereocenters. The van der Waals surface area contributed by atoms with Gasteiger partial charge in [0.25, 0.3) is 5.91 Å². The molecule has 0 bridgehead atoms. The van der Waals surface area contributed by atoms with Gasteiger partial charge in [-0.25, -0.2) is 12.7 Å². The number of rotatable bonds is 3. The maximum Gasteiger partial charge on any atom is 0.263 e. The second-order valence-corrected chi connectivity index (χ2v) is 5.32. The molecule has 0 unspecified atom stereocenters. The highest BCUT2D eigenvalue weighted by Crippen LogP contribution is 2.24. The second-order valence-electron chi connectivity index (χ2n) is 3.14. The molecule has 1 amide bonds. The zero-order valence-corrected chi connectivity index (χ0v) is 9.65. The molecule has 1 rings (SSSR count). The van der Waals surface area contributed by atoms with Crippen molar-refractivity contribution in [2.45, 2.75) is 13.3 Å². The maximum atomic E-state index is 11.6. The first kappa shape index (κ1) is 11.5. The van der Waals surface area contributed by atoms with Gasteiger partial charge in [-0.2, -0.15) is 0 Å². The molecule has 0 saturated heterocycles. The van der Waals surface area contributed by atoms with Crippen molar-refractivity contribution in [3.8, 4) is 0 Å². The smallest absolute Gasteiger partial charge is 0.263 e. The second kappa shape index (κ2) is 3.90. The largest absolute Gasteiger partial charge is 0.268 e. The number of alkyl halides is 1. The van der Waals surface area contributed by atoms with Crippen LogP contribution in [0.3, 0.4) is 0 Å². The van der Waals surface area contributed by atoms with Gasteiger partial charge in [0.2, 0.25) is 10.0 Å². The van der Waals surface area contributed by atoms with Crippen LogP contribution < -0.4 is 0 Å². The van der Waals surface area contributed by atoms with Gasteiger partial charge in [0.1, 0.15) is 0 Å². The monoisotopic (exact) mass is 237 g/mol. The first-order chi connectivity index (χ1) is 6.41.